The van der Waals surface area contributed by atoms with E-state index in [9.17, 15) is 17.6 Å². The van der Waals surface area contributed by atoms with Gasteiger partial charge in [-0.2, -0.15) is 4.31 Å². The van der Waals surface area contributed by atoms with Crippen LogP contribution in [-0.2, 0) is 14.8 Å². The maximum Gasteiger partial charge on any atom is 0.244 e. The summed E-state index contributed by atoms with van der Waals surface area (Å²) in [5, 5.41) is 0. The first-order valence-corrected chi connectivity index (χ1v) is 8.12. The molecule has 1 fully saturated rings. The molecule has 0 bridgehead atoms. The predicted molar refractivity (Wildman–Crippen MR) is 71.7 cm³/mol. The van der Waals surface area contributed by atoms with E-state index in [0.29, 0.717) is 19.3 Å². The maximum atomic E-state index is 13.0. The highest BCUT2D eigenvalue weighted by Gasteiger charge is 2.34. The van der Waals surface area contributed by atoms with Crippen LogP contribution in [0.4, 0.5) is 4.39 Å². The fourth-order valence-electron chi connectivity index (χ4n) is 2.18. The summed E-state index contributed by atoms with van der Waals surface area (Å²) in [5.41, 5.74) is 0. The average molecular weight is 350 g/mol. The fourth-order valence-corrected chi connectivity index (χ4v) is 4.82. The van der Waals surface area contributed by atoms with Gasteiger partial charge in [0.1, 0.15) is 12.1 Å². The van der Waals surface area contributed by atoms with Crippen molar-refractivity contribution in [3.05, 3.63) is 28.5 Å². The molecule has 1 aromatic carbocycles. The Bertz CT molecular complexity index is 591. The number of sulfonamides is 1. The highest BCUT2D eigenvalue weighted by molar-refractivity contribution is 9.10. The second-order valence-corrected chi connectivity index (χ2v) is 7.10. The molecule has 7 heteroatoms. The molecule has 0 aliphatic carbocycles. The Kier molecular flexibility index (Phi) is 4.37. The molecule has 104 valence electrons. The smallest absolute Gasteiger partial charge is 0.244 e. The Morgan fingerprint density at radius 1 is 1.37 bits per heavy atom. The van der Waals surface area contributed by atoms with Crippen molar-refractivity contribution in [1.29, 1.82) is 0 Å². The lowest BCUT2D eigenvalue weighted by Gasteiger charge is -2.31. The summed E-state index contributed by atoms with van der Waals surface area (Å²) < 4.78 is 39.4. The van der Waals surface area contributed by atoms with Crippen LogP contribution in [0.1, 0.15) is 19.3 Å². The van der Waals surface area contributed by atoms with Gasteiger partial charge in [-0.1, -0.05) is 6.42 Å². The first kappa shape index (κ1) is 14.6. The van der Waals surface area contributed by atoms with Crippen LogP contribution in [0.3, 0.4) is 0 Å². The summed E-state index contributed by atoms with van der Waals surface area (Å²) in [6, 6.07) is 2.78. The van der Waals surface area contributed by atoms with Gasteiger partial charge in [0.05, 0.1) is 10.9 Å². The molecule has 1 heterocycles. The van der Waals surface area contributed by atoms with Gasteiger partial charge in [0.15, 0.2) is 0 Å². The zero-order chi connectivity index (χ0) is 14.0. The molecule has 0 radical (unpaired) electrons. The Labute approximate surface area is 119 Å². The zero-order valence-electron chi connectivity index (χ0n) is 10.1. The lowest BCUT2D eigenvalue weighted by atomic mass is 10.1. The number of halogens is 2. The summed E-state index contributed by atoms with van der Waals surface area (Å²) in [6.07, 6.45) is 2.75. The highest BCUT2D eigenvalue weighted by Crippen LogP contribution is 2.29. The molecule has 1 aliphatic rings. The van der Waals surface area contributed by atoms with Gasteiger partial charge < -0.3 is 4.79 Å². The SMILES string of the molecule is O=CC1CCCCN1S(=O)(=O)c1ccc(F)cc1Br. The molecule has 19 heavy (non-hydrogen) atoms. The summed E-state index contributed by atoms with van der Waals surface area (Å²) >= 11 is 3.06. The highest BCUT2D eigenvalue weighted by atomic mass is 79.9. The van der Waals surface area contributed by atoms with E-state index in [2.05, 4.69) is 15.9 Å². The van der Waals surface area contributed by atoms with E-state index >= 15 is 0 Å². The second-order valence-electron chi connectivity index (χ2n) is 4.39. The zero-order valence-corrected chi connectivity index (χ0v) is 12.5. The normalized spacial score (nSPS) is 21.3. The molecule has 1 aliphatic heterocycles. The molecule has 0 N–H and O–H groups in total. The molecule has 1 aromatic rings. The van der Waals surface area contributed by atoms with Crippen molar-refractivity contribution in [1.82, 2.24) is 4.31 Å². The Morgan fingerprint density at radius 2 is 2.11 bits per heavy atom. The third kappa shape index (κ3) is 2.88. The lowest BCUT2D eigenvalue weighted by Crippen LogP contribution is -2.44. The van der Waals surface area contributed by atoms with Crippen LogP contribution in [0.15, 0.2) is 27.6 Å². The van der Waals surface area contributed by atoms with E-state index in [1.54, 1.807) is 0 Å². The molecule has 1 atom stereocenters. The first-order chi connectivity index (χ1) is 8.96. The Hall–Kier alpha value is -0.790. The summed E-state index contributed by atoms with van der Waals surface area (Å²) in [6.45, 7) is 0.315. The van der Waals surface area contributed by atoms with Crippen LogP contribution in [0.5, 0.6) is 0 Å². The van der Waals surface area contributed by atoms with Crippen LogP contribution in [-0.4, -0.2) is 31.6 Å². The van der Waals surface area contributed by atoms with E-state index in [0.717, 1.165) is 25.0 Å². The van der Waals surface area contributed by atoms with Crippen molar-refractivity contribution < 1.29 is 17.6 Å². The Morgan fingerprint density at radius 3 is 2.74 bits per heavy atom. The number of carbonyl (C=O) groups excluding carboxylic acids is 1. The molecular formula is C12H13BrFNO3S. The minimum Gasteiger partial charge on any atom is -0.302 e. The van der Waals surface area contributed by atoms with Gasteiger partial charge in [-0.25, -0.2) is 12.8 Å². The van der Waals surface area contributed by atoms with E-state index in [4.69, 9.17) is 0 Å². The molecule has 0 spiro atoms. The quantitative estimate of drug-likeness (QED) is 0.787. The minimum atomic E-state index is -3.78. The third-order valence-corrected chi connectivity index (χ3v) is 6.04. The van der Waals surface area contributed by atoms with Crippen molar-refractivity contribution in [3.8, 4) is 0 Å². The van der Waals surface area contributed by atoms with Crippen molar-refractivity contribution in [2.75, 3.05) is 6.54 Å². The van der Waals surface area contributed by atoms with Gasteiger partial charge in [-0.05, 0) is 47.0 Å². The van der Waals surface area contributed by atoms with E-state index < -0.39 is 21.9 Å². The fraction of sp³-hybridized carbons (Fsp3) is 0.417. The van der Waals surface area contributed by atoms with Crippen LogP contribution < -0.4 is 0 Å². The number of piperidine rings is 1. The molecule has 0 amide bonds. The van der Waals surface area contributed by atoms with Gasteiger partial charge in [0.2, 0.25) is 10.0 Å². The van der Waals surface area contributed by atoms with Crippen molar-refractivity contribution >= 4 is 32.2 Å². The van der Waals surface area contributed by atoms with Gasteiger partial charge in [-0.15, -0.1) is 0 Å². The molecule has 1 saturated heterocycles. The van der Waals surface area contributed by atoms with Gasteiger partial charge in [-0.3, -0.25) is 0 Å². The topological polar surface area (TPSA) is 54.5 Å². The molecule has 0 aromatic heterocycles. The van der Waals surface area contributed by atoms with Crippen LogP contribution >= 0.6 is 15.9 Å². The molecule has 1 unspecified atom stereocenters. The molecule has 0 saturated carbocycles. The van der Waals surface area contributed by atoms with Crippen molar-refractivity contribution in [3.63, 3.8) is 0 Å². The summed E-state index contributed by atoms with van der Waals surface area (Å²) in [7, 11) is -3.78. The third-order valence-electron chi connectivity index (χ3n) is 3.14. The maximum absolute atomic E-state index is 13.0. The van der Waals surface area contributed by atoms with Gasteiger partial charge >= 0.3 is 0 Å². The molecule has 4 nitrogen and oxygen atoms in total. The predicted octanol–water partition coefficient (Wildman–Crippen LogP) is 2.33. The monoisotopic (exact) mass is 349 g/mol. The first-order valence-electron chi connectivity index (χ1n) is 5.89. The number of hydrogen-bond donors (Lipinski definition) is 0. The largest absolute Gasteiger partial charge is 0.302 e. The van der Waals surface area contributed by atoms with Crippen LogP contribution in [0.25, 0.3) is 0 Å². The summed E-state index contributed by atoms with van der Waals surface area (Å²) in [4.78, 5) is 11.0. The minimum absolute atomic E-state index is 0.0114. The summed E-state index contributed by atoms with van der Waals surface area (Å²) in [5.74, 6) is -0.517. The van der Waals surface area contributed by atoms with Gasteiger partial charge in [0, 0.05) is 11.0 Å². The van der Waals surface area contributed by atoms with E-state index in [-0.39, 0.29) is 9.37 Å². The lowest BCUT2D eigenvalue weighted by molar-refractivity contribution is -0.111. The Balaban J connectivity index is 2.43. The number of benzene rings is 1. The number of nitrogens with zero attached hydrogens (tertiary/aromatic N) is 1. The van der Waals surface area contributed by atoms with Crippen LogP contribution in [0, 0.1) is 5.82 Å². The van der Waals surface area contributed by atoms with Crippen molar-refractivity contribution in [2.24, 2.45) is 0 Å². The van der Waals surface area contributed by atoms with E-state index in [1.165, 1.54) is 10.4 Å². The van der Waals surface area contributed by atoms with Crippen molar-refractivity contribution in [2.45, 2.75) is 30.2 Å². The van der Waals surface area contributed by atoms with E-state index in [1.807, 2.05) is 0 Å². The standard InChI is InChI=1S/C12H13BrFNO3S/c13-11-7-9(14)4-5-12(11)19(17,18)15-6-2-1-3-10(15)8-16/h4-5,7-8,10H,1-3,6H2. The molecular weight excluding hydrogens is 337 g/mol. The van der Waals surface area contributed by atoms with Gasteiger partial charge in [0.25, 0.3) is 0 Å². The number of aldehydes is 1. The van der Waals surface area contributed by atoms with Crippen LogP contribution in [0.2, 0.25) is 0 Å². The second kappa shape index (κ2) is 5.68. The number of hydrogen-bond acceptors (Lipinski definition) is 3. The number of carbonyl (C=O) groups is 1. The number of rotatable bonds is 3. The molecule has 2 rings (SSSR count). The average Bonchev–Trinajstić information content (AvgIpc) is 2.38.